The minimum atomic E-state index is -0.569. The largest absolute Gasteiger partial charge is 0.497 e. The summed E-state index contributed by atoms with van der Waals surface area (Å²) in [6, 6.07) is 10.4. The van der Waals surface area contributed by atoms with Gasteiger partial charge in [0.05, 0.1) is 25.5 Å². The molecule has 3 rings (SSSR count). The summed E-state index contributed by atoms with van der Waals surface area (Å²) >= 11 is 6.25. The summed E-state index contributed by atoms with van der Waals surface area (Å²) in [7, 11) is 3.00. The first-order valence-electron chi connectivity index (χ1n) is 7.96. The molecule has 134 valence electrons. The van der Waals surface area contributed by atoms with Crippen molar-refractivity contribution in [2.24, 2.45) is 0 Å². The van der Waals surface area contributed by atoms with Crippen LogP contribution in [0.4, 0.5) is 5.69 Å². The van der Waals surface area contributed by atoms with Crippen LogP contribution in [0.3, 0.4) is 0 Å². The van der Waals surface area contributed by atoms with E-state index in [9.17, 15) is 9.59 Å². The molecule has 26 heavy (non-hydrogen) atoms. The van der Waals surface area contributed by atoms with Crippen molar-refractivity contribution < 1.29 is 19.1 Å². The molecule has 0 saturated carbocycles. The molecular weight excluding hydrogens is 354 g/mol. The number of imide groups is 1. The molecule has 2 aromatic carbocycles. The van der Waals surface area contributed by atoms with Crippen LogP contribution < -0.4 is 14.4 Å². The third-order valence-electron chi connectivity index (χ3n) is 4.42. The third-order valence-corrected chi connectivity index (χ3v) is 4.77. The van der Waals surface area contributed by atoms with Crippen molar-refractivity contribution in [1.82, 2.24) is 0 Å². The van der Waals surface area contributed by atoms with Crippen molar-refractivity contribution in [1.29, 1.82) is 0 Å². The highest BCUT2D eigenvalue weighted by atomic mass is 35.5. The molecule has 0 saturated heterocycles. The Morgan fingerprint density at radius 2 is 1.46 bits per heavy atom. The molecule has 0 bridgehead atoms. The first-order chi connectivity index (χ1) is 12.4. The highest BCUT2D eigenvalue weighted by molar-refractivity contribution is 6.60. The predicted molar refractivity (Wildman–Crippen MR) is 101 cm³/mol. The predicted octanol–water partition coefficient (Wildman–Crippen LogP) is 3.84. The summed E-state index contributed by atoms with van der Waals surface area (Å²) < 4.78 is 10.4. The second-order valence-corrected chi connectivity index (χ2v) is 6.38. The molecule has 5 nitrogen and oxygen atoms in total. The van der Waals surface area contributed by atoms with Crippen LogP contribution in [0, 0.1) is 13.8 Å². The molecule has 1 aliphatic rings. The van der Waals surface area contributed by atoms with Crippen LogP contribution in [0.2, 0.25) is 0 Å². The molecule has 2 aromatic rings. The molecular formula is C20H18ClNO4. The fraction of sp³-hybridized carbons (Fsp3) is 0.200. The van der Waals surface area contributed by atoms with Gasteiger partial charge in [-0.2, -0.15) is 0 Å². The van der Waals surface area contributed by atoms with E-state index in [-0.39, 0.29) is 10.6 Å². The summed E-state index contributed by atoms with van der Waals surface area (Å²) in [5.41, 5.74) is 3.27. The summed E-state index contributed by atoms with van der Waals surface area (Å²) in [6.45, 7) is 3.92. The number of anilines is 1. The van der Waals surface area contributed by atoms with E-state index >= 15 is 0 Å². The average Bonchev–Trinajstić information content (AvgIpc) is 2.86. The zero-order valence-corrected chi connectivity index (χ0v) is 15.7. The maximum absolute atomic E-state index is 13.0. The van der Waals surface area contributed by atoms with Gasteiger partial charge in [0.2, 0.25) is 0 Å². The Kier molecular flexibility index (Phi) is 4.74. The van der Waals surface area contributed by atoms with Gasteiger partial charge >= 0.3 is 0 Å². The third kappa shape index (κ3) is 2.95. The lowest BCUT2D eigenvalue weighted by molar-refractivity contribution is -0.119. The van der Waals surface area contributed by atoms with Crippen molar-refractivity contribution >= 4 is 34.7 Å². The van der Waals surface area contributed by atoms with Gasteiger partial charge in [-0.05, 0) is 30.5 Å². The number of halogens is 1. The quantitative estimate of drug-likeness (QED) is 0.766. The number of carbonyl (C=O) groups is 2. The molecule has 6 heteroatoms. The molecule has 0 atom stereocenters. The highest BCUT2D eigenvalue weighted by Gasteiger charge is 2.39. The second-order valence-electron chi connectivity index (χ2n) is 6.00. The van der Waals surface area contributed by atoms with Gasteiger partial charge in [0.15, 0.2) is 0 Å². The Labute approximate surface area is 156 Å². The molecule has 1 aliphatic heterocycles. The van der Waals surface area contributed by atoms with E-state index in [0.29, 0.717) is 22.7 Å². The van der Waals surface area contributed by atoms with Crippen LogP contribution in [-0.2, 0) is 9.59 Å². The van der Waals surface area contributed by atoms with E-state index in [1.54, 1.807) is 24.3 Å². The standard InChI is InChI=1S/C20H18ClNO4/c1-11-5-6-13(7-12(11)2)17-18(21)20(24)22(19(17)23)14-8-15(25-3)10-16(9-14)26-4/h5-10H,1-4H3. The number of amides is 2. The van der Waals surface area contributed by atoms with Gasteiger partial charge in [-0.3, -0.25) is 9.59 Å². The van der Waals surface area contributed by atoms with Gasteiger partial charge in [0, 0.05) is 18.2 Å². The molecule has 0 aromatic heterocycles. The topological polar surface area (TPSA) is 55.8 Å². The molecule has 2 amide bonds. The average molecular weight is 372 g/mol. The molecule has 0 radical (unpaired) electrons. The zero-order chi connectivity index (χ0) is 19.0. The molecule has 0 aliphatic carbocycles. The normalized spacial score (nSPS) is 14.3. The molecule has 0 spiro atoms. The van der Waals surface area contributed by atoms with Crippen LogP contribution in [0.25, 0.3) is 5.57 Å². The van der Waals surface area contributed by atoms with Gasteiger partial charge in [-0.1, -0.05) is 29.8 Å². The van der Waals surface area contributed by atoms with Crippen LogP contribution in [0.15, 0.2) is 41.4 Å². The first-order valence-corrected chi connectivity index (χ1v) is 8.34. The van der Waals surface area contributed by atoms with Crippen molar-refractivity contribution in [3.05, 3.63) is 58.1 Å². The lowest BCUT2D eigenvalue weighted by Crippen LogP contribution is -2.31. The number of carbonyl (C=O) groups excluding carboxylic acids is 2. The number of methoxy groups -OCH3 is 2. The molecule has 1 heterocycles. The van der Waals surface area contributed by atoms with Gasteiger partial charge in [-0.15, -0.1) is 0 Å². The van der Waals surface area contributed by atoms with Gasteiger partial charge in [0.25, 0.3) is 11.8 Å². The molecule has 0 unspecified atom stereocenters. The highest BCUT2D eigenvalue weighted by Crippen LogP contribution is 2.38. The van der Waals surface area contributed by atoms with Crippen LogP contribution in [0.1, 0.15) is 16.7 Å². The molecule has 0 fully saturated rings. The van der Waals surface area contributed by atoms with Crippen LogP contribution >= 0.6 is 11.6 Å². The summed E-state index contributed by atoms with van der Waals surface area (Å²) in [5.74, 6) is -0.106. The Balaban J connectivity index is 2.07. The Bertz CT molecular complexity index is 927. The fourth-order valence-electron chi connectivity index (χ4n) is 2.81. The lowest BCUT2D eigenvalue weighted by atomic mass is 10.0. The van der Waals surface area contributed by atoms with E-state index in [4.69, 9.17) is 21.1 Å². The van der Waals surface area contributed by atoms with E-state index in [2.05, 4.69) is 0 Å². The van der Waals surface area contributed by atoms with E-state index in [1.165, 1.54) is 14.2 Å². The summed E-state index contributed by atoms with van der Waals surface area (Å²) in [4.78, 5) is 26.7. The second kappa shape index (κ2) is 6.84. The number of rotatable bonds is 4. The summed E-state index contributed by atoms with van der Waals surface area (Å²) in [6.07, 6.45) is 0. The number of nitrogens with zero attached hydrogens (tertiary/aromatic N) is 1. The monoisotopic (exact) mass is 371 g/mol. The van der Waals surface area contributed by atoms with Gasteiger partial charge < -0.3 is 9.47 Å². The van der Waals surface area contributed by atoms with Crippen LogP contribution in [-0.4, -0.2) is 26.0 Å². The maximum Gasteiger partial charge on any atom is 0.277 e. The Morgan fingerprint density at radius 3 is 2.00 bits per heavy atom. The number of benzene rings is 2. The van der Waals surface area contributed by atoms with E-state index < -0.39 is 11.8 Å². The van der Waals surface area contributed by atoms with Crippen molar-refractivity contribution in [3.63, 3.8) is 0 Å². The number of ether oxygens (including phenoxy) is 2. The Hall–Kier alpha value is -2.79. The number of aryl methyl sites for hydroxylation is 2. The minimum absolute atomic E-state index is 0.0972. The van der Waals surface area contributed by atoms with Crippen molar-refractivity contribution in [2.75, 3.05) is 19.1 Å². The van der Waals surface area contributed by atoms with Gasteiger partial charge in [0.1, 0.15) is 16.5 Å². The van der Waals surface area contributed by atoms with E-state index in [0.717, 1.165) is 16.0 Å². The fourth-order valence-corrected chi connectivity index (χ4v) is 3.08. The first kappa shape index (κ1) is 18.0. The summed E-state index contributed by atoms with van der Waals surface area (Å²) in [5, 5.41) is -0.0972. The smallest absolute Gasteiger partial charge is 0.277 e. The van der Waals surface area contributed by atoms with Crippen molar-refractivity contribution in [3.8, 4) is 11.5 Å². The van der Waals surface area contributed by atoms with Crippen LogP contribution in [0.5, 0.6) is 11.5 Å². The number of hydrogen-bond donors (Lipinski definition) is 0. The maximum atomic E-state index is 13.0. The lowest BCUT2D eigenvalue weighted by Gasteiger charge is -2.17. The van der Waals surface area contributed by atoms with Gasteiger partial charge in [-0.25, -0.2) is 4.90 Å². The molecule has 0 N–H and O–H groups in total. The SMILES string of the molecule is COc1cc(OC)cc(N2C(=O)C(Cl)=C(c3ccc(C)c(C)c3)C2=O)c1. The van der Waals surface area contributed by atoms with Crippen molar-refractivity contribution in [2.45, 2.75) is 13.8 Å². The Morgan fingerprint density at radius 1 is 0.846 bits per heavy atom. The minimum Gasteiger partial charge on any atom is -0.497 e. The zero-order valence-electron chi connectivity index (χ0n) is 14.9. The van der Waals surface area contributed by atoms with E-state index in [1.807, 2.05) is 26.0 Å². The number of hydrogen-bond acceptors (Lipinski definition) is 4.